The number of rotatable bonds is 7. The molecule has 3 heterocycles. The zero-order chi connectivity index (χ0) is 16.9. The second-order valence-electron chi connectivity index (χ2n) is 6.49. The molecule has 1 saturated heterocycles. The molecule has 0 saturated carbocycles. The fraction of sp³-hybridized carbons (Fsp3) is 0.500. The third kappa shape index (κ3) is 3.82. The van der Waals surface area contributed by atoms with E-state index < -0.39 is 11.9 Å². The number of nitrogens with one attached hydrogen (secondary N) is 1. The molecule has 1 fully saturated rings. The molecule has 6 nitrogen and oxygen atoms in total. The third-order valence-electron chi connectivity index (χ3n) is 4.67. The van der Waals surface area contributed by atoms with Crippen LogP contribution in [-0.2, 0) is 17.8 Å². The molecule has 2 aromatic rings. The van der Waals surface area contributed by atoms with E-state index in [1.165, 1.54) is 0 Å². The van der Waals surface area contributed by atoms with Crippen LogP contribution in [0.4, 0.5) is 0 Å². The maximum absolute atomic E-state index is 11.6. The van der Waals surface area contributed by atoms with Gasteiger partial charge >= 0.3 is 5.97 Å². The Morgan fingerprint density at radius 1 is 1.42 bits per heavy atom. The molecule has 1 aliphatic heterocycles. The number of hydrogen-bond acceptors (Lipinski definition) is 4. The summed E-state index contributed by atoms with van der Waals surface area (Å²) in [6.45, 7) is 4.16. The Labute approximate surface area is 141 Å². The van der Waals surface area contributed by atoms with Crippen molar-refractivity contribution in [3.63, 3.8) is 0 Å². The number of carbonyl (C=O) groups is 1. The van der Waals surface area contributed by atoms with Crippen LogP contribution in [0.3, 0.4) is 0 Å². The second kappa shape index (κ2) is 7.57. The molecule has 0 aromatic carbocycles. The first kappa shape index (κ1) is 16.6. The van der Waals surface area contributed by atoms with E-state index >= 15 is 0 Å². The van der Waals surface area contributed by atoms with Gasteiger partial charge in [0.15, 0.2) is 0 Å². The normalized spacial score (nSPS) is 21.2. The number of carboxylic acid groups (broad SMARTS) is 1. The molecule has 0 aliphatic carbocycles. The van der Waals surface area contributed by atoms with E-state index in [0.29, 0.717) is 13.1 Å². The van der Waals surface area contributed by atoms with Crippen LogP contribution in [0.2, 0.25) is 0 Å². The van der Waals surface area contributed by atoms with Gasteiger partial charge in [-0.15, -0.1) is 0 Å². The first-order valence-electron chi connectivity index (χ1n) is 8.55. The van der Waals surface area contributed by atoms with Gasteiger partial charge in [0.05, 0.1) is 5.92 Å². The van der Waals surface area contributed by atoms with Crippen LogP contribution in [0.25, 0.3) is 0 Å². The number of aromatic amines is 1. The molecule has 3 rings (SSSR count). The lowest BCUT2D eigenvalue weighted by atomic mass is 9.90. The number of hydrogen-bond donors (Lipinski definition) is 2. The Morgan fingerprint density at radius 2 is 2.29 bits per heavy atom. The van der Waals surface area contributed by atoms with Gasteiger partial charge in [0.1, 0.15) is 5.82 Å². The number of H-pyrrole nitrogens is 1. The lowest BCUT2D eigenvalue weighted by Crippen LogP contribution is -2.23. The lowest BCUT2D eigenvalue weighted by molar-refractivity contribution is -0.141. The number of aryl methyl sites for hydroxylation is 1. The highest BCUT2D eigenvalue weighted by atomic mass is 16.4. The molecule has 0 spiro atoms. The van der Waals surface area contributed by atoms with Gasteiger partial charge in [0.25, 0.3) is 0 Å². The van der Waals surface area contributed by atoms with E-state index in [-0.39, 0.29) is 5.92 Å². The van der Waals surface area contributed by atoms with Gasteiger partial charge in [-0.3, -0.25) is 14.7 Å². The topological polar surface area (TPSA) is 82.1 Å². The molecule has 6 heteroatoms. The molecule has 2 aromatic heterocycles. The summed E-state index contributed by atoms with van der Waals surface area (Å²) in [4.78, 5) is 25.7. The molecule has 0 amide bonds. The highest BCUT2D eigenvalue weighted by Gasteiger charge is 2.38. The van der Waals surface area contributed by atoms with Crippen LogP contribution < -0.4 is 0 Å². The molecule has 2 N–H and O–H groups in total. The summed E-state index contributed by atoms with van der Waals surface area (Å²) in [5, 5.41) is 9.56. The van der Waals surface area contributed by atoms with Crippen LogP contribution in [0.1, 0.15) is 42.8 Å². The molecular weight excluding hydrogens is 304 g/mol. The summed E-state index contributed by atoms with van der Waals surface area (Å²) in [5.41, 5.74) is 2.05. The van der Waals surface area contributed by atoms with Gasteiger partial charge in [0.2, 0.25) is 0 Å². The Kier molecular flexibility index (Phi) is 5.25. The van der Waals surface area contributed by atoms with E-state index in [0.717, 1.165) is 42.9 Å². The predicted molar refractivity (Wildman–Crippen MR) is 90.6 cm³/mol. The summed E-state index contributed by atoms with van der Waals surface area (Å²) < 4.78 is 0. The van der Waals surface area contributed by atoms with E-state index in [9.17, 15) is 9.90 Å². The Bertz CT molecular complexity index is 671. The van der Waals surface area contributed by atoms with Gasteiger partial charge < -0.3 is 10.1 Å². The monoisotopic (exact) mass is 328 g/mol. The molecule has 128 valence electrons. The van der Waals surface area contributed by atoms with Crippen molar-refractivity contribution in [3.8, 4) is 0 Å². The fourth-order valence-electron chi connectivity index (χ4n) is 3.40. The average Bonchev–Trinajstić information content (AvgIpc) is 3.21. The van der Waals surface area contributed by atoms with Crippen molar-refractivity contribution in [2.45, 2.75) is 38.6 Å². The van der Waals surface area contributed by atoms with E-state index in [4.69, 9.17) is 0 Å². The number of aromatic nitrogens is 3. The standard InChI is InChI=1S/C18H24N4O2/c1-2-3-6-17-20-9-14(21-17)10-22-11-15(16(12-22)18(23)24)13-5-4-7-19-8-13/h4-5,7-9,15-16H,2-3,6,10-12H2,1H3,(H,20,21)(H,23,24)/t15-,16+/m0/s1. The lowest BCUT2D eigenvalue weighted by Gasteiger charge is -2.15. The van der Waals surface area contributed by atoms with E-state index in [1.807, 2.05) is 18.3 Å². The third-order valence-corrected chi connectivity index (χ3v) is 4.67. The highest BCUT2D eigenvalue weighted by molar-refractivity contribution is 5.72. The zero-order valence-electron chi connectivity index (χ0n) is 14.0. The van der Waals surface area contributed by atoms with Gasteiger partial charge in [-0.1, -0.05) is 19.4 Å². The summed E-state index contributed by atoms with van der Waals surface area (Å²) in [7, 11) is 0. The molecule has 0 unspecified atom stereocenters. The number of likely N-dealkylation sites (tertiary alicyclic amines) is 1. The number of unbranched alkanes of at least 4 members (excludes halogenated alkanes) is 1. The summed E-state index contributed by atoms with van der Waals surface area (Å²) >= 11 is 0. The average molecular weight is 328 g/mol. The van der Waals surface area contributed by atoms with Crippen molar-refractivity contribution in [1.82, 2.24) is 19.9 Å². The largest absolute Gasteiger partial charge is 0.481 e. The minimum absolute atomic E-state index is 0.0151. The maximum atomic E-state index is 11.6. The number of carboxylic acids is 1. The molecule has 2 atom stereocenters. The van der Waals surface area contributed by atoms with Crippen LogP contribution in [0.15, 0.2) is 30.7 Å². The first-order valence-corrected chi connectivity index (χ1v) is 8.55. The minimum atomic E-state index is -0.736. The smallest absolute Gasteiger partial charge is 0.308 e. The van der Waals surface area contributed by atoms with Crippen LogP contribution in [-0.4, -0.2) is 44.0 Å². The van der Waals surface area contributed by atoms with Gasteiger partial charge in [-0.2, -0.15) is 0 Å². The number of aliphatic carboxylic acids is 1. The Balaban J connectivity index is 1.67. The van der Waals surface area contributed by atoms with Crippen LogP contribution in [0, 0.1) is 5.92 Å². The van der Waals surface area contributed by atoms with Crippen molar-refractivity contribution in [2.24, 2.45) is 5.92 Å². The van der Waals surface area contributed by atoms with E-state index in [2.05, 4.69) is 26.8 Å². The van der Waals surface area contributed by atoms with Gasteiger partial charge in [-0.05, 0) is 18.1 Å². The van der Waals surface area contributed by atoms with Crippen molar-refractivity contribution in [2.75, 3.05) is 13.1 Å². The van der Waals surface area contributed by atoms with Crippen molar-refractivity contribution >= 4 is 5.97 Å². The highest BCUT2D eigenvalue weighted by Crippen LogP contribution is 2.33. The zero-order valence-corrected chi connectivity index (χ0v) is 14.0. The van der Waals surface area contributed by atoms with Crippen molar-refractivity contribution in [3.05, 3.63) is 47.8 Å². The predicted octanol–water partition coefficient (Wildman–Crippen LogP) is 2.45. The second-order valence-corrected chi connectivity index (χ2v) is 6.49. The Hall–Kier alpha value is -2.21. The number of pyridine rings is 1. The van der Waals surface area contributed by atoms with Crippen molar-refractivity contribution in [1.29, 1.82) is 0 Å². The minimum Gasteiger partial charge on any atom is -0.481 e. The maximum Gasteiger partial charge on any atom is 0.308 e. The number of imidazole rings is 1. The van der Waals surface area contributed by atoms with Crippen LogP contribution >= 0.6 is 0 Å². The summed E-state index contributed by atoms with van der Waals surface area (Å²) in [5.74, 6) is -0.125. The molecular formula is C18H24N4O2. The Morgan fingerprint density at radius 3 is 3.00 bits per heavy atom. The fourth-order valence-corrected chi connectivity index (χ4v) is 3.40. The molecule has 1 aliphatic rings. The quantitative estimate of drug-likeness (QED) is 0.816. The van der Waals surface area contributed by atoms with Gasteiger partial charge in [-0.25, -0.2) is 4.98 Å². The van der Waals surface area contributed by atoms with Crippen molar-refractivity contribution < 1.29 is 9.90 Å². The molecule has 0 radical (unpaired) electrons. The van der Waals surface area contributed by atoms with E-state index in [1.54, 1.807) is 12.4 Å². The van der Waals surface area contributed by atoms with Gasteiger partial charge in [0, 0.05) is 56.3 Å². The number of nitrogens with zero attached hydrogens (tertiary/aromatic N) is 3. The molecule has 24 heavy (non-hydrogen) atoms. The summed E-state index contributed by atoms with van der Waals surface area (Å²) in [6.07, 6.45) is 8.61. The SMILES string of the molecule is CCCCc1ncc(CN2C[C@@H](C(=O)O)[C@H](c3cccnc3)C2)[nH]1. The molecule has 0 bridgehead atoms. The summed E-state index contributed by atoms with van der Waals surface area (Å²) in [6, 6.07) is 3.84. The van der Waals surface area contributed by atoms with Crippen LogP contribution in [0.5, 0.6) is 0 Å². The first-order chi connectivity index (χ1) is 11.7.